The van der Waals surface area contributed by atoms with Gasteiger partial charge in [0.05, 0.1) is 5.56 Å². The van der Waals surface area contributed by atoms with Gasteiger partial charge >= 0.3 is 6.18 Å². The highest BCUT2D eigenvalue weighted by Gasteiger charge is 2.26. The Morgan fingerprint density at radius 2 is 1.94 bits per heavy atom. The number of halogens is 5. The summed E-state index contributed by atoms with van der Waals surface area (Å²) in [6.45, 7) is 0. The van der Waals surface area contributed by atoms with E-state index in [4.69, 9.17) is 11.6 Å². The van der Waals surface area contributed by atoms with Crippen molar-refractivity contribution in [3.63, 3.8) is 0 Å². The van der Waals surface area contributed by atoms with E-state index in [1.54, 1.807) is 0 Å². The second kappa shape index (κ2) is 5.49. The number of carbonyl (C=O) groups is 1. The molecule has 0 atom stereocenters. The fourth-order valence-electron chi connectivity index (χ4n) is 1.30. The molecule has 1 rings (SSSR count). The molecule has 6 heteroatoms. The largest absolute Gasteiger partial charge is 0.389 e. The maximum absolute atomic E-state index is 13.2. The molecule has 0 heterocycles. The molecule has 0 bridgehead atoms. The van der Waals surface area contributed by atoms with E-state index in [1.165, 1.54) is 12.1 Å². The van der Waals surface area contributed by atoms with Crippen molar-refractivity contribution in [3.05, 3.63) is 34.6 Å². The molecule has 0 fully saturated rings. The van der Waals surface area contributed by atoms with E-state index in [9.17, 15) is 22.4 Å². The lowest BCUT2D eigenvalue weighted by molar-refractivity contribution is -0.135. The SMILES string of the molecule is O=C(CCCC(F)(F)F)c1ccc(Cl)cc1F. The number of alkyl halides is 3. The molecular weight excluding hydrogens is 260 g/mol. The van der Waals surface area contributed by atoms with E-state index in [0.29, 0.717) is 0 Å². The van der Waals surface area contributed by atoms with Gasteiger partial charge in [0, 0.05) is 17.9 Å². The van der Waals surface area contributed by atoms with E-state index in [2.05, 4.69) is 0 Å². The zero-order valence-electron chi connectivity index (χ0n) is 8.65. The number of rotatable bonds is 4. The Labute approximate surface area is 100 Å². The van der Waals surface area contributed by atoms with Crippen LogP contribution in [0, 0.1) is 5.82 Å². The van der Waals surface area contributed by atoms with Crippen LogP contribution in [0.25, 0.3) is 0 Å². The minimum atomic E-state index is -4.29. The molecule has 94 valence electrons. The monoisotopic (exact) mass is 268 g/mol. The smallest absolute Gasteiger partial charge is 0.294 e. The molecule has 0 N–H and O–H groups in total. The van der Waals surface area contributed by atoms with Crippen LogP contribution in [0.1, 0.15) is 29.6 Å². The Balaban J connectivity index is 2.59. The van der Waals surface area contributed by atoms with Crippen molar-refractivity contribution in [3.8, 4) is 0 Å². The molecule has 0 aliphatic rings. The highest BCUT2D eigenvalue weighted by molar-refractivity contribution is 6.30. The van der Waals surface area contributed by atoms with Crippen LogP contribution in [0.3, 0.4) is 0 Å². The number of hydrogen-bond acceptors (Lipinski definition) is 1. The third-order valence-electron chi connectivity index (χ3n) is 2.10. The van der Waals surface area contributed by atoms with Gasteiger partial charge in [-0.05, 0) is 24.6 Å². The van der Waals surface area contributed by atoms with Crippen LogP contribution in [0.2, 0.25) is 5.02 Å². The fourth-order valence-corrected chi connectivity index (χ4v) is 1.46. The minimum Gasteiger partial charge on any atom is -0.294 e. The second-order valence-electron chi connectivity index (χ2n) is 3.52. The maximum Gasteiger partial charge on any atom is 0.389 e. The molecule has 0 unspecified atom stereocenters. The van der Waals surface area contributed by atoms with Gasteiger partial charge in [0.15, 0.2) is 5.78 Å². The Kier molecular flexibility index (Phi) is 4.51. The van der Waals surface area contributed by atoms with E-state index < -0.39 is 24.2 Å². The molecule has 0 amide bonds. The Morgan fingerprint density at radius 1 is 1.29 bits per heavy atom. The third-order valence-corrected chi connectivity index (χ3v) is 2.33. The quantitative estimate of drug-likeness (QED) is 0.584. The molecule has 0 aromatic heterocycles. The first-order valence-corrected chi connectivity index (χ1v) is 5.22. The van der Waals surface area contributed by atoms with Gasteiger partial charge in [0.2, 0.25) is 0 Å². The second-order valence-corrected chi connectivity index (χ2v) is 3.95. The summed E-state index contributed by atoms with van der Waals surface area (Å²) in [5, 5.41) is 0.134. The van der Waals surface area contributed by atoms with Crippen LogP contribution in [-0.4, -0.2) is 12.0 Å². The van der Waals surface area contributed by atoms with Gasteiger partial charge < -0.3 is 0 Å². The number of ketones is 1. The van der Waals surface area contributed by atoms with E-state index in [-0.39, 0.29) is 23.4 Å². The van der Waals surface area contributed by atoms with Crippen molar-refractivity contribution in [2.45, 2.75) is 25.4 Å². The van der Waals surface area contributed by atoms with Gasteiger partial charge in [-0.1, -0.05) is 11.6 Å². The summed E-state index contributed by atoms with van der Waals surface area (Å²) in [5.74, 6) is -1.46. The zero-order chi connectivity index (χ0) is 13.1. The van der Waals surface area contributed by atoms with Crippen molar-refractivity contribution in [2.75, 3.05) is 0 Å². The summed E-state index contributed by atoms with van der Waals surface area (Å²) in [7, 11) is 0. The number of benzene rings is 1. The molecule has 0 spiro atoms. The highest BCUT2D eigenvalue weighted by atomic mass is 35.5. The molecule has 1 nitrogen and oxygen atoms in total. The van der Waals surface area contributed by atoms with Crippen molar-refractivity contribution < 1.29 is 22.4 Å². The zero-order valence-corrected chi connectivity index (χ0v) is 9.41. The van der Waals surface area contributed by atoms with Crippen molar-refractivity contribution >= 4 is 17.4 Å². The summed E-state index contributed by atoms with van der Waals surface area (Å²) in [5.41, 5.74) is -0.225. The van der Waals surface area contributed by atoms with E-state index in [1.807, 2.05) is 0 Å². The summed E-state index contributed by atoms with van der Waals surface area (Å²) < 4.78 is 48.7. The van der Waals surface area contributed by atoms with Crippen LogP contribution >= 0.6 is 11.6 Å². The number of carbonyl (C=O) groups excluding carboxylic acids is 1. The molecule has 0 aliphatic carbocycles. The maximum atomic E-state index is 13.2. The lowest BCUT2D eigenvalue weighted by Crippen LogP contribution is -2.09. The molecular formula is C11H9ClF4O. The standard InChI is InChI=1S/C11H9ClF4O/c12-7-3-4-8(9(13)6-7)10(17)2-1-5-11(14,15)16/h3-4,6H,1-2,5H2. The summed E-state index contributed by atoms with van der Waals surface area (Å²) >= 11 is 5.49. The third kappa shape index (κ3) is 4.73. The van der Waals surface area contributed by atoms with Gasteiger partial charge in [-0.25, -0.2) is 4.39 Å². The van der Waals surface area contributed by atoms with Gasteiger partial charge in [0.25, 0.3) is 0 Å². The molecule has 0 radical (unpaired) electrons. The Hall–Kier alpha value is -1.10. The van der Waals surface area contributed by atoms with Gasteiger partial charge in [-0.2, -0.15) is 13.2 Å². The average Bonchev–Trinajstić information content (AvgIpc) is 2.15. The molecule has 0 saturated heterocycles. The molecule has 1 aromatic carbocycles. The first-order chi connectivity index (χ1) is 7.79. The normalized spacial score (nSPS) is 11.6. The molecule has 0 aliphatic heterocycles. The lowest BCUT2D eigenvalue weighted by Gasteiger charge is -2.06. The van der Waals surface area contributed by atoms with Crippen molar-refractivity contribution in [2.24, 2.45) is 0 Å². The topological polar surface area (TPSA) is 17.1 Å². The minimum absolute atomic E-state index is 0.134. The van der Waals surface area contributed by atoms with Crippen LogP contribution in [-0.2, 0) is 0 Å². The predicted molar refractivity (Wildman–Crippen MR) is 55.6 cm³/mol. The molecule has 17 heavy (non-hydrogen) atoms. The number of Topliss-reactive ketones (excluding diaryl/α,β-unsaturated/α-hetero) is 1. The fraction of sp³-hybridized carbons (Fsp3) is 0.364. The van der Waals surface area contributed by atoms with Gasteiger partial charge in [-0.15, -0.1) is 0 Å². The Bertz CT molecular complexity index is 414. The van der Waals surface area contributed by atoms with Gasteiger partial charge in [-0.3, -0.25) is 4.79 Å². The first kappa shape index (κ1) is 14.0. The van der Waals surface area contributed by atoms with Crippen molar-refractivity contribution in [1.29, 1.82) is 0 Å². The molecule has 0 saturated carbocycles. The highest BCUT2D eigenvalue weighted by Crippen LogP contribution is 2.23. The van der Waals surface area contributed by atoms with E-state index >= 15 is 0 Å². The molecule has 1 aromatic rings. The van der Waals surface area contributed by atoms with E-state index in [0.717, 1.165) is 6.07 Å². The lowest BCUT2D eigenvalue weighted by atomic mass is 10.0. The van der Waals surface area contributed by atoms with Crippen LogP contribution in [0.5, 0.6) is 0 Å². The van der Waals surface area contributed by atoms with Crippen LogP contribution in [0.4, 0.5) is 17.6 Å². The van der Waals surface area contributed by atoms with Gasteiger partial charge in [0.1, 0.15) is 5.82 Å². The predicted octanol–water partition coefficient (Wildman–Crippen LogP) is 4.39. The number of hydrogen-bond donors (Lipinski definition) is 0. The summed E-state index contributed by atoms with van der Waals surface area (Å²) in [6.07, 6.45) is -6.02. The average molecular weight is 269 g/mol. The first-order valence-electron chi connectivity index (χ1n) is 4.84. The summed E-state index contributed by atoms with van der Waals surface area (Å²) in [4.78, 5) is 11.4. The van der Waals surface area contributed by atoms with Crippen LogP contribution < -0.4 is 0 Å². The van der Waals surface area contributed by atoms with Crippen molar-refractivity contribution in [1.82, 2.24) is 0 Å². The summed E-state index contributed by atoms with van der Waals surface area (Å²) in [6, 6.07) is 3.45. The van der Waals surface area contributed by atoms with Crippen LogP contribution in [0.15, 0.2) is 18.2 Å². The Morgan fingerprint density at radius 3 is 2.47 bits per heavy atom.